The van der Waals surface area contributed by atoms with Crippen LogP contribution in [0.4, 0.5) is 51.2 Å². The second-order valence-electron chi connectivity index (χ2n) is 10.1. The number of anilines is 7. The number of nitrogens with zero attached hydrogens (tertiary/aromatic N) is 4. The molecule has 206 valence electrons. The van der Waals surface area contributed by atoms with Crippen molar-refractivity contribution in [3.63, 3.8) is 0 Å². The smallest absolute Gasteiger partial charge is 0.135 e. The molecule has 2 N–H and O–H groups in total. The molecule has 7 heteroatoms. The Balaban J connectivity index is 1.38. The van der Waals surface area contributed by atoms with E-state index in [9.17, 15) is 0 Å². The van der Waals surface area contributed by atoms with Gasteiger partial charge in [-0.3, -0.25) is 0 Å². The predicted molar refractivity (Wildman–Crippen MR) is 179 cm³/mol. The van der Waals surface area contributed by atoms with E-state index in [0.29, 0.717) is 11.4 Å². The Bertz CT molecular complexity index is 1930. The van der Waals surface area contributed by atoms with Crippen molar-refractivity contribution >= 4 is 74.7 Å². The first-order valence-corrected chi connectivity index (χ1v) is 15.6. The van der Waals surface area contributed by atoms with Crippen molar-refractivity contribution in [1.29, 1.82) is 0 Å². The highest BCUT2D eigenvalue weighted by atomic mass is 32.2. The molecule has 0 fully saturated rings. The van der Waals surface area contributed by atoms with E-state index in [2.05, 4.69) is 124 Å². The standard InChI is InChI=1S/C36H25N5S2/c37-35-29(40-25-14-4-8-18-31(25)42-32-19-9-5-15-26(32)40)22-23-30(36(35)39-38-24-12-2-1-3-13-24)41-27-16-6-10-20-33(27)43-34-21-11-7-17-28(34)41/h1-23H,37H2. The maximum Gasteiger partial charge on any atom is 0.135 e. The minimum Gasteiger partial charge on any atom is -0.395 e. The summed E-state index contributed by atoms with van der Waals surface area (Å²) in [6.45, 7) is 0. The van der Waals surface area contributed by atoms with E-state index in [0.717, 1.165) is 39.8 Å². The molecular weight excluding hydrogens is 567 g/mol. The van der Waals surface area contributed by atoms with Crippen LogP contribution >= 0.6 is 23.5 Å². The van der Waals surface area contributed by atoms with Gasteiger partial charge in [-0.05, 0) is 72.8 Å². The Hall–Kier alpha value is -4.98. The number of hydrogen-bond donors (Lipinski definition) is 1. The summed E-state index contributed by atoms with van der Waals surface area (Å²) >= 11 is 3.55. The molecule has 8 rings (SSSR count). The highest BCUT2D eigenvalue weighted by Crippen LogP contribution is 2.57. The molecule has 2 aliphatic heterocycles. The van der Waals surface area contributed by atoms with Gasteiger partial charge in [0.15, 0.2) is 0 Å². The summed E-state index contributed by atoms with van der Waals surface area (Å²) in [5, 5.41) is 9.55. The lowest BCUT2D eigenvalue weighted by atomic mass is 10.1. The van der Waals surface area contributed by atoms with E-state index in [4.69, 9.17) is 10.8 Å². The summed E-state index contributed by atoms with van der Waals surface area (Å²) in [5.74, 6) is 0. The molecule has 0 amide bonds. The quantitative estimate of drug-likeness (QED) is 0.163. The van der Waals surface area contributed by atoms with Crippen molar-refractivity contribution in [2.45, 2.75) is 19.6 Å². The number of para-hydroxylation sites is 4. The van der Waals surface area contributed by atoms with Gasteiger partial charge in [0.05, 0.1) is 45.5 Å². The summed E-state index contributed by atoms with van der Waals surface area (Å²) in [6, 6.07) is 47.8. The number of fused-ring (bicyclic) bond motifs is 4. The zero-order chi connectivity index (χ0) is 28.8. The molecule has 0 spiro atoms. The lowest BCUT2D eigenvalue weighted by Crippen LogP contribution is -2.18. The fourth-order valence-electron chi connectivity index (χ4n) is 5.60. The second-order valence-corrected chi connectivity index (χ2v) is 12.3. The zero-order valence-electron chi connectivity index (χ0n) is 23.0. The number of nitrogen functional groups attached to an aromatic ring is 1. The van der Waals surface area contributed by atoms with Crippen molar-refractivity contribution in [1.82, 2.24) is 0 Å². The molecule has 0 bridgehead atoms. The highest BCUT2D eigenvalue weighted by molar-refractivity contribution is 8.00. The van der Waals surface area contributed by atoms with Gasteiger partial charge in [-0.1, -0.05) is 90.3 Å². The monoisotopic (exact) mass is 591 g/mol. The van der Waals surface area contributed by atoms with Gasteiger partial charge >= 0.3 is 0 Å². The maximum atomic E-state index is 7.21. The minimum absolute atomic E-state index is 0.557. The third-order valence-corrected chi connectivity index (χ3v) is 9.80. The van der Waals surface area contributed by atoms with E-state index < -0.39 is 0 Å². The molecule has 5 nitrogen and oxygen atoms in total. The van der Waals surface area contributed by atoms with E-state index in [1.54, 1.807) is 23.5 Å². The Kier molecular flexibility index (Phi) is 6.39. The van der Waals surface area contributed by atoms with Crippen LogP contribution in [0.25, 0.3) is 0 Å². The number of hydrogen-bond acceptors (Lipinski definition) is 7. The average Bonchev–Trinajstić information content (AvgIpc) is 3.06. The van der Waals surface area contributed by atoms with Gasteiger partial charge in [-0.2, -0.15) is 5.11 Å². The van der Waals surface area contributed by atoms with Crippen molar-refractivity contribution in [3.8, 4) is 0 Å². The Morgan fingerprint density at radius 2 is 0.791 bits per heavy atom. The molecule has 43 heavy (non-hydrogen) atoms. The van der Waals surface area contributed by atoms with Crippen LogP contribution in [-0.4, -0.2) is 0 Å². The van der Waals surface area contributed by atoms with Crippen LogP contribution in [0.3, 0.4) is 0 Å². The first kappa shape index (κ1) is 25.7. The van der Waals surface area contributed by atoms with Gasteiger partial charge in [0.25, 0.3) is 0 Å². The first-order valence-electron chi connectivity index (χ1n) is 14.0. The van der Waals surface area contributed by atoms with Gasteiger partial charge in [0, 0.05) is 19.6 Å². The SMILES string of the molecule is Nc1c(N2c3ccccc3Sc3ccccc32)ccc(N2c3ccccc3Sc3ccccc32)c1N=Nc1ccccc1. The number of nitrogens with two attached hydrogens (primary N) is 1. The van der Waals surface area contributed by atoms with Crippen molar-refractivity contribution < 1.29 is 0 Å². The summed E-state index contributed by atoms with van der Waals surface area (Å²) < 4.78 is 0. The molecule has 0 aliphatic carbocycles. The van der Waals surface area contributed by atoms with Gasteiger partial charge in [0.1, 0.15) is 5.69 Å². The third-order valence-electron chi connectivity index (χ3n) is 7.54. The lowest BCUT2D eigenvalue weighted by Gasteiger charge is -2.36. The Morgan fingerprint density at radius 1 is 0.395 bits per heavy atom. The topological polar surface area (TPSA) is 57.2 Å². The van der Waals surface area contributed by atoms with Gasteiger partial charge in [0.2, 0.25) is 0 Å². The molecule has 6 aromatic carbocycles. The molecule has 2 aliphatic rings. The molecular formula is C36H25N5S2. The summed E-state index contributed by atoms with van der Waals surface area (Å²) in [7, 11) is 0. The lowest BCUT2D eigenvalue weighted by molar-refractivity contribution is 1.13. The zero-order valence-corrected chi connectivity index (χ0v) is 24.6. The van der Waals surface area contributed by atoms with E-state index in [-0.39, 0.29) is 0 Å². The van der Waals surface area contributed by atoms with Crippen LogP contribution in [0.5, 0.6) is 0 Å². The summed E-state index contributed by atoms with van der Waals surface area (Å²) in [5.41, 5.74) is 15.2. The molecule has 0 radical (unpaired) electrons. The fourth-order valence-corrected chi connectivity index (χ4v) is 7.71. The van der Waals surface area contributed by atoms with Crippen LogP contribution < -0.4 is 15.5 Å². The largest absolute Gasteiger partial charge is 0.395 e. The van der Waals surface area contributed by atoms with E-state index in [1.165, 1.54) is 19.6 Å². The van der Waals surface area contributed by atoms with Crippen LogP contribution in [0.15, 0.2) is 169 Å². The number of benzene rings is 6. The molecule has 0 unspecified atom stereocenters. The number of azo groups is 1. The maximum absolute atomic E-state index is 7.21. The molecule has 0 saturated carbocycles. The van der Waals surface area contributed by atoms with Gasteiger partial charge in [-0.15, -0.1) is 5.11 Å². The van der Waals surface area contributed by atoms with Gasteiger partial charge in [-0.25, -0.2) is 0 Å². The molecule has 6 aromatic rings. The molecule has 0 saturated heterocycles. The van der Waals surface area contributed by atoms with Crippen LogP contribution in [0.2, 0.25) is 0 Å². The minimum atomic E-state index is 0.557. The molecule has 0 atom stereocenters. The molecule has 2 heterocycles. The van der Waals surface area contributed by atoms with Crippen molar-refractivity contribution in [2.24, 2.45) is 10.2 Å². The van der Waals surface area contributed by atoms with Gasteiger partial charge < -0.3 is 15.5 Å². The summed E-state index contributed by atoms with van der Waals surface area (Å²) in [6.07, 6.45) is 0. The highest BCUT2D eigenvalue weighted by Gasteiger charge is 2.31. The van der Waals surface area contributed by atoms with Crippen LogP contribution in [-0.2, 0) is 0 Å². The molecule has 0 aromatic heterocycles. The van der Waals surface area contributed by atoms with Crippen molar-refractivity contribution in [2.75, 3.05) is 15.5 Å². The fraction of sp³-hybridized carbons (Fsp3) is 0. The third kappa shape index (κ3) is 4.45. The van der Waals surface area contributed by atoms with Crippen LogP contribution in [0.1, 0.15) is 0 Å². The first-order chi connectivity index (χ1) is 21.3. The average molecular weight is 592 g/mol. The Morgan fingerprint density at radius 3 is 1.28 bits per heavy atom. The normalized spacial score (nSPS) is 13.3. The van der Waals surface area contributed by atoms with Crippen molar-refractivity contribution in [3.05, 3.63) is 140 Å². The second kappa shape index (κ2) is 10.7. The van der Waals surface area contributed by atoms with E-state index in [1.807, 2.05) is 30.3 Å². The van der Waals surface area contributed by atoms with E-state index >= 15 is 0 Å². The Labute approximate surface area is 258 Å². The predicted octanol–water partition coefficient (Wildman–Crippen LogP) is 11.6. The van der Waals surface area contributed by atoms with Crippen LogP contribution in [0, 0.1) is 0 Å². The number of rotatable bonds is 4. The summed E-state index contributed by atoms with van der Waals surface area (Å²) in [4.78, 5) is 9.20.